The Morgan fingerprint density at radius 3 is 1.89 bits per heavy atom. The molecule has 1 aliphatic rings. The van der Waals surface area contributed by atoms with Crippen LogP contribution in [0.1, 0.15) is 22.7 Å². The Labute approximate surface area is 378 Å². The van der Waals surface area contributed by atoms with Crippen molar-refractivity contribution in [3.05, 3.63) is 229 Å². The fraction of sp³-hybridized carbons (Fsp3) is 0.0164. The summed E-state index contributed by atoms with van der Waals surface area (Å²) in [6.45, 7) is 0. The number of nitrogens with zero attached hydrogens (tertiary/aromatic N) is 2. The molecular weight excluding hydrogens is 807 g/mol. The Bertz CT molecular complexity index is 4200. The molecule has 5 heteroatoms. The van der Waals surface area contributed by atoms with E-state index in [9.17, 15) is 0 Å². The van der Waals surface area contributed by atoms with Gasteiger partial charge in [-0.3, -0.25) is 0 Å². The lowest BCUT2D eigenvalue weighted by molar-refractivity contribution is 0.667. The van der Waals surface area contributed by atoms with Gasteiger partial charge in [-0.15, -0.1) is 0 Å². The van der Waals surface area contributed by atoms with Crippen LogP contribution in [0.4, 0.5) is 0 Å². The molecule has 0 aliphatic carbocycles. The lowest BCUT2D eigenvalue weighted by Crippen LogP contribution is -2.31. The summed E-state index contributed by atoms with van der Waals surface area (Å²) < 4.78 is 13.7. The molecule has 14 rings (SSSR count). The van der Waals surface area contributed by atoms with Gasteiger partial charge in [0.05, 0.1) is 22.9 Å². The predicted octanol–water partition coefficient (Wildman–Crippen LogP) is 16.0. The maximum atomic E-state index is 7.16. The molecule has 3 aromatic heterocycles. The van der Waals surface area contributed by atoms with Crippen LogP contribution in [-0.4, -0.2) is 10.8 Å². The molecule has 0 amide bonds. The summed E-state index contributed by atoms with van der Waals surface area (Å²) in [5.41, 5.74) is 12.5. The second-order valence-electron chi connectivity index (χ2n) is 17.2. The molecule has 0 spiro atoms. The first-order valence-corrected chi connectivity index (χ1v) is 22.4. The van der Waals surface area contributed by atoms with E-state index in [0.29, 0.717) is 0 Å². The van der Waals surface area contributed by atoms with Crippen LogP contribution in [-0.2, 0) is 0 Å². The highest BCUT2D eigenvalue weighted by Crippen LogP contribution is 2.45. The van der Waals surface area contributed by atoms with Gasteiger partial charge < -0.3 is 14.2 Å². The van der Waals surface area contributed by atoms with Crippen molar-refractivity contribution >= 4 is 98.6 Å². The van der Waals surface area contributed by atoms with Crippen LogP contribution >= 0.6 is 0 Å². The first-order valence-electron chi connectivity index (χ1n) is 22.4. The highest BCUT2D eigenvalue weighted by Gasteiger charge is 2.24. The van der Waals surface area contributed by atoms with Gasteiger partial charge in [-0.2, -0.15) is 0 Å². The highest BCUT2D eigenvalue weighted by molar-refractivity contribution is 6.27. The van der Waals surface area contributed by atoms with Gasteiger partial charge in [0.15, 0.2) is 0 Å². The molecule has 10 aromatic carbocycles. The lowest BCUT2D eigenvalue weighted by atomic mass is 9.92. The number of pyridine rings is 1. The number of rotatable bonds is 5. The Hall–Kier alpha value is -8.80. The summed E-state index contributed by atoms with van der Waals surface area (Å²) >= 11 is 0. The fourth-order valence-electron chi connectivity index (χ4n) is 10.4. The molecule has 5 nitrogen and oxygen atoms in total. The van der Waals surface area contributed by atoms with Gasteiger partial charge in [0.25, 0.3) is 0 Å². The zero-order valence-electron chi connectivity index (χ0n) is 35.5. The van der Waals surface area contributed by atoms with Crippen molar-refractivity contribution in [1.82, 2.24) is 10.3 Å². The monoisotopic (exact) mass is 843 g/mol. The van der Waals surface area contributed by atoms with Crippen LogP contribution in [0.15, 0.2) is 226 Å². The van der Waals surface area contributed by atoms with Gasteiger partial charge in [0.1, 0.15) is 28.2 Å². The quantitative estimate of drug-likeness (QED) is 0.175. The molecule has 1 aliphatic heterocycles. The Balaban J connectivity index is 0.903. The number of aliphatic imine (C=N–C) groups is 1. The third-order valence-electron chi connectivity index (χ3n) is 13.5. The summed E-state index contributed by atoms with van der Waals surface area (Å²) in [5, 5.41) is 16.1. The zero-order chi connectivity index (χ0) is 43.3. The van der Waals surface area contributed by atoms with Crippen LogP contribution in [0.3, 0.4) is 0 Å². The van der Waals surface area contributed by atoms with Gasteiger partial charge >= 0.3 is 0 Å². The smallest absolute Gasteiger partial charge is 0.144 e. The Morgan fingerprint density at radius 1 is 0.409 bits per heavy atom. The maximum Gasteiger partial charge on any atom is 0.144 e. The van der Waals surface area contributed by atoms with Crippen molar-refractivity contribution in [2.24, 2.45) is 4.99 Å². The van der Waals surface area contributed by atoms with E-state index in [1.807, 2.05) is 30.3 Å². The molecule has 13 aromatic rings. The Morgan fingerprint density at radius 2 is 1.05 bits per heavy atom. The third kappa shape index (κ3) is 5.60. The van der Waals surface area contributed by atoms with Crippen molar-refractivity contribution in [1.29, 1.82) is 0 Å². The normalized spacial score (nSPS) is 14.2. The average molecular weight is 844 g/mol. The number of aromatic nitrogens is 1. The average Bonchev–Trinajstić information content (AvgIpc) is 3.97. The van der Waals surface area contributed by atoms with Crippen LogP contribution in [0.25, 0.3) is 115 Å². The number of hydrogen-bond acceptors (Lipinski definition) is 5. The summed E-state index contributed by atoms with van der Waals surface area (Å²) in [6, 6.07) is 72.6. The molecule has 1 atom stereocenters. The minimum atomic E-state index is -0.148. The second-order valence-corrected chi connectivity index (χ2v) is 17.2. The summed E-state index contributed by atoms with van der Waals surface area (Å²) in [7, 11) is 0. The van der Waals surface area contributed by atoms with Crippen molar-refractivity contribution < 1.29 is 8.83 Å². The lowest BCUT2D eigenvalue weighted by Gasteiger charge is -2.24. The summed E-state index contributed by atoms with van der Waals surface area (Å²) in [6.07, 6.45) is 2.21. The molecule has 0 saturated heterocycles. The Kier molecular flexibility index (Phi) is 7.98. The zero-order valence-corrected chi connectivity index (χ0v) is 35.5. The molecule has 0 fully saturated rings. The maximum absolute atomic E-state index is 7.16. The van der Waals surface area contributed by atoms with Gasteiger partial charge in [0, 0.05) is 60.0 Å². The number of nitrogens with one attached hydrogen (secondary N) is 1. The molecule has 1 unspecified atom stereocenters. The molecule has 1 N–H and O–H groups in total. The number of para-hydroxylation sites is 4. The van der Waals surface area contributed by atoms with Crippen molar-refractivity contribution in [2.75, 3.05) is 0 Å². The van der Waals surface area contributed by atoms with E-state index in [1.54, 1.807) is 0 Å². The van der Waals surface area contributed by atoms with E-state index in [0.717, 1.165) is 116 Å². The van der Waals surface area contributed by atoms with E-state index in [2.05, 4.69) is 187 Å². The predicted molar refractivity (Wildman–Crippen MR) is 273 cm³/mol. The van der Waals surface area contributed by atoms with Gasteiger partial charge in [-0.1, -0.05) is 176 Å². The third-order valence-corrected chi connectivity index (χ3v) is 13.5. The van der Waals surface area contributed by atoms with E-state index in [4.69, 9.17) is 18.8 Å². The number of amidine groups is 1. The molecule has 0 radical (unpaired) electrons. The number of benzene rings is 10. The molecule has 66 heavy (non-hydrogen) atoms. The summed E-state index contributed by atoms with van der Waals surface area (Å²) in [5.74, 6) is 0.814. The van der Waals surface area contributed by atoms with E-state index < -0.39 is 0 Å². The summed E-state index contributed by atoms with van der Waals surface area (Å²) in [4.78, 5) is 10.6. The first-order chi connectivity index (χ1) is 32.7. The van der Waals surface area contributed by atoms with Crippen molar-refractivity contribution in [3.8, 4) is 22.4 Å². The van der Waals surface area contributed by atoms with E-state index >= 15 is 0 Å². The SMILES string of the molecule is C1=C(c2cccc3c2oc2ccccc23)N=C(c2ccccc2)NC1c1ccc(-c2cccc3c2oc2c3ccc3c(-c4cc5ccccc5c5ccccc45)nc4ccccc4c32)cc1. The molecule has 4 heterocycles. The fourth-order valence-corrected chi connectivity index (χ4v) is 10.4. The topological polar surface area (TPSA) is 63.6 Å². The van der Waals surface area contributed by atoms with Gasteiger partial charge in [-0.25, -0.2) is 9.98 Å². The number of hydrogen-bond donors (Lipinski definition) is 1. The van der Waals surface area contributed by atoms with Crippen LogP contribution in [0.2, 0.25) is 0 Å². The minimum Gasteiger partial charge on any atom is -0.455 e. The molecule has 0 bridgehead atoms. The molecule has 308 valence electrons. The number of furan rings is 2. The highest BCUT2D eigenvalue weighted by atomic mass is 16.3. The number of fused-ring (bicyclic) bond motifs is 13. The van der Waals surface area contributed by atoms with Gasteiger partial charge in [0.2, 0.25) is 0 Å². The standard InChI is InChI=1S/C61H37N3O2/c1-2-14-38(15-3-1)61-63-53(35-54(64-61)49-25-13-23-45-44-20-9-11-27-55(44)65-59(45)49)37-30-28-36(29-31-37)41-22-12-24-46-47-32-33-50-56(60(47)66-58(41)46)48-21-8-10-26-52(48)62-57(50)51-34-39-16-4-5-17-40(39)42-18-6-7-19-43(42)51/h1-35,53H,(H,63,64). The van der Waals surface area contributed by atoms with Gasteiger partial charge in [-0.05, 0) is 69.1 Å². The van der Waals surface area contributed by atoms with Crippen LogP contribution in [0.5, 0.6) is 0 Å². The second kappa shape index (κ2) is 14.4. The van der Waals surface area contributed by atoms with Crippen molar-refractivity contribution in [2.45, 2.75) is 6.04 Å². The molecular formula is C61H37N3O2. The van der Waals surface area contributed by atoms with E-state index in [-0.39, 0.29) is 6.04 Å². The molecule has 0 saturated carbocycles. The first kappa shape index (κ1) is 36.7. The van der Waals surface area contributed by atoms with E-state index in [1.165, 1.54) is 21.5 Å². The minimum absolute atomic E-state index is 0.148. The van der Waals surface area contributed by atoms with Crippen molar-refractivity contribution in [3.63, 3.8) is 0 Å². The largest absolute Gasteiger partial charge is 0.455 e. The van der Waals surface area contributed by atoms with Crippen LogP contribution < -0.4 is 5.32 Å². The van der Waals surface area contributed by atoms with Crippen LogP contribution in [0, 0.1) is 0 Å².